The molecule has 0 amide bonds. The van der Waals surface area contributed by atoms with E-state index in [2.05, 4.69) is 15.0 Å². The second-order valence-corrected chi connectivity index (χ2v) is 8.27. The molecule has 2 N–H and O–H groups in total. The van der Waals surface area contributed by atoms with Gasteiger partial charge in [-0.25, -0.2) is 18.1 Å². The van der Waals surface area contributed by atoms with Gasteiger partial charge in [-0.15, -0.1) is 0 Å². The van der Waals surface area contributed by atoms with Crippen molar-refractivity contribution in [1.82, 2.24) is 9.71 Å². The fraction of sp³-hybridized carbons (Fsp3) is 0.450. The summed E-state index contributed by atoms with van der Waals surface area (Å²) in [6.07, 6.45) is 3.85. The molecule has 0 radical (unpaired) electrons. The van der Waals surface area contributed by atoms with Crippen molar-refractivity contribution in [1.29, 1.82) is 0 Å². The third-order valence-corrected chi connectivity index (χ3v) is 5.87. The van der Waals surface area contributed by atoms with E-state index in [1.165, 1.54) is 6.20 Å². The highest BCUT2D eigenvalue weighted by molar-refractivity contribution is 7.89. The average molecular weight is 408 g/mol. The summed E-state index contributed by atoms with van der Waals surface area (Å²) in [4.78, 5) is 4.38. The van der Waals surface area contributed by atoms with Crippen LogP contribution < -0.4 is 19.5 Å². The first kappa shape index (κ1) is 22.0. The molecule has 1 heterocycles. The molecule has 0 saturated carbocycles. The molecule has 0 fully saturated rings. The number of hydrogen-bond acceptors (Lipinski definition) is 6. The number of nitrogens with one attached hydrogen (secondary N) is 2. The number of nitrogens with zero attached hydrogens (tertiary/aromatic N) is 1. The lowest BCUT2D eigenvalue weighted by atomic mass is 10.1. The Morgan fingerprint density at radius 1 is 1.11 bits per heavy atom. The summed E-state index contributed by atoms with van der Waals surface area (Å²) < 4.78 is 37.9. The zero-order chi connectivity index (χ0) is 20.6. The van der Waals surface area contributed by atoms with Crippen molar-refractivity contribution >= 4 is 15.8 Å². The van der Waals surface area contributed by atoms with Gasteiger partial charge in [-0.1, -0.05) is 19.4 Å². The van der Waals surface area contributed by atoms with Crippen molar-refractivity contribution in [3.8, 4) is 11.5 Å². The van der Waals surface area contributed by atoms with Gasteiger partial charge in [0.05, 0.1) is 14.2 Å². The van der Waals surface area contributed by atoms with Crippen LogP contribution in [0.15, 0.2) is 41.4 Å². The first-order valence-electron chi connectivity index (χ1n) is 9.32. The fourth-order valence-corrected chi connectivity index (χ4v) is 4.06. The monoisotopic (exact) mass is 407 g/mol. The number of benzene rings is 1. The number of aromatic nitrogens is 1. The summed E-state index contributed by atoms with van der Waals surface area (Å²) in [5.74, 6) is 2.01. The highest BCUT2D eigenvalue weighted by atomic mass is 32.2. The number of ether oxygens (including phenoxy) is 2. The predicted octanol–water partition coefficient (Wildman–Crippen LogP) is 3.22. The molecule has 0 bridgehead atoms. The fourth-order valence-electron chi connectivity index (χ4n) is 2.84. The first-order valence-corrected chi connectivity index (χ1v) is 10.8. The standard InChI is InChI=1S/C20H29N3O4S/c1-5-6-15(2)23-28(24,25)17-8-10-20(22-14-17)21-12-11-16-7-9-18(26-3)19(13-16)27-4/h7-10,13-15,23H,5-6,11-12H2,1-4H3,(H,21,22). The van der Waals surface area contributed by atoms with Gasteiger partial charge in [0.1, 0.15) is 10.7 Å². The van der Waals surface area contributed by atoms with Gasteiger partial charge < -0.3 is 14.8 Å². The van der Waals surface area contributed by atoms with Gasteiger partial charge in [0.25, 0.3) is 0 Å². The van der Waals surface area contributed by atoms with E-state index in [1.807, 2.05) is 32.0 Å². The van der Waals surface area contributed by atoms with Crippen LogP contribution in [0.1, 0.15) is 32.3 Å². The Balaban J connectivity index is 1.92. The summed E-state index contributed by atoms with van der Waals surface area (Å²) in [6.45, 7) is 4.54. The summed E-state index contributed by atoms with van der Waals surface area (Å²) in [5, 5.41) is 3.20. The topological polar surface area (TPSA) is 89.6 Å². The summed E-state index contributed by atoms with van der Waals surface area (Å²) >= 11 is 0. The minimum Gasteiger partial charge on any atom is -0.493 e. The average Bonchev–Trinajstić information content (AvgIpc) is 2.68. The van der Waals surface area contributed by atoms with Gasteiger partial charge in [-0.3, -0.25) is 0 Å². The Morgan fingerprint density at radius 2 is 1.86 bits per heavy atom. The number of pyridine rings is 1. The molecule has 2 rings (SSSR count). The van der Waals surface area contributed by atoms with Crippen LogP contribution in [0.5, 0.6) is 11.5 Å². The molecular weight excluding hydrogens is 378 g/mol. The van der Waals surface area contributed by atoms with Crippen molar-refractivity contribution in [3.05, 3.63) is 42.1 Å². The summed E-state index contributed by atoms with van der Waals surface area (Å²) in [6, 6.07) is 8.93. The van der Waals surface area contributed by atoms with Crippen LogP contribution in [0.4, 0.5) is 5.82 Å². The molecule has 0 aliphatic rings. The minimum absolute atomic E-state index is 0.103. The van der Waals surface area contributed by atoms with E-state index < -0.39 is 10.0 Å². The molecular formula is C20H29N3O4S. The maximum atomic E-state index is 12.3. The first-order chi connectivity index (χ1) is 13.4. The predicted molar refractivity (Wildman–Crippen MR) is 111 cm³/mol. The molecule has 0 aliphatic heterocycles. The number of hydrogen-bond donors (Lipinski definition) is 2. The van der Waals surface area contributed by atoms with E-state index in [-0.39, 0.29) is 10.9 Å². The van der Waals surface area contributed by atoms with Gasteiger partial charge in [0.15, 0.2) is 11.5 Å². The maximum absolute atomic E-state index is 12.3. The van der Waals surface area contributed by atoms with Crippen LogP contribution in [0.2, 0.25) is 0 Å². The zero-order valence-corrected chi connectivity index (χ0v) is 17.7. The lowest BCUT2D eigenvalue weighted by Crippen LogP contribution is -2.32. The third-order valence-electron chi connectivity index (χ3n) is 4.29. The Morgan fingerprint density at radius 3 is 2.46 bits per heavy atom. The van der Waals surface area contributed by atoms with Gasteiger partial charge in [0.2, 0.25) is 10.0 Å². The van der Waals surface area contributed by atoms with Crippen LogP contribution in [0, 0.1) is 0 Å². The van der Waals surface area contributed by atoms with Gasteiger partial charge in [-0.2, -0.15) is 0 Å². The van der Waals surface area contributed by atoms with Crippen LogP contribution in [-0.2, 0) is 16.4 Å². The van der Waals surface area contributed by atoms with Crippen molar-refractivity contribution in [2.75, 3.05) is 26.1 Å². The lowest BCUT2D eigenvalue weighted by Gasteiger charge is -2.13. The number of methoxy groups -OCH3 is 2. The quantitative estimate of drug-likeness (QED) is 0.594. The van der Waals surface area contributed by atoms with Gasteiger partial charge in [-0.05, 0) is 49.6 Å². The lowest BCUT2D eigenvalue weighted by molar-refractivity contribution is 0.354. The molecule has 154 valence electrons. The number of rotatable bonds is 11. The van der Waals surface area contributed by atoms with E-state index in [1.54, 1.807) is 26.4 Å². The Hall–Kier alpha value is -2.32. The molecule has 1 aromatic carbocycles. The molecule has 0 aliphatic carbocycles. The van der Waals surface area contributed by atoms with Crippen molar-refractivity contribution in [2.45, 2.75) is 44.0 Å². The summed E-state index contributed by atoms with van der Waals surface area (Å²) in [5.41, 5.74) is 1.10. The van der Waals surface area contributed by atoms with Gasteiger partial charge in [0, 0.05) is 18.8 Å². The molecule has 1 atom stereocenters. The molecule has 8 heteroatoms. The van der Waals surface area contributed by atoms with Crippen LogP contribution in [-0.4, -0.2) is 40.2 Å². The highest BCUT2D eigenvalue weighted by Gasteiger charge is 2.17. The van der Waals surface area contributed by atoms with E-state index in [9.17, 15) is 8.42 Å². The maximum Gasteiger partial charge on any atom is 0.242 e. The normalized spacial score (nSPS) is 12.4. The molecule has 1 aromatic heterocycles. The van der Waals surface area contributed by atoms with E-state index in [4.69, 9.17) is 9.47 Å². The molecule has 1 unspecified atom stereocenters. The van der Waals surface area contributed by atoms with E-state index in [0.29, 0.717) is 23.9 Å². The Kier molecular flexibility index (Phi) is 8.07. The molecule has 2 aromatic rings. The van der Waals surface area contributed by atoms with Gasteiger partial charge >= 0.3 is 0 Å². The largest absolute Gasteiger partial charge is 0.493 e. The molecule has 28 heavy (non-hydrogen) atoms. The van der Waals surface area contributed by atoms with E-state index >= 15 is 0 Å². The Labute approximate surface area is 167 Å². The minimum atomic E-state index is -3.54. The highest BCUT2D eigenvalue weighted by Crippen LogP contribution is 2.27. The van der Waals surface area contributed by atoms with Crippen molar-refractivity contribution in [3.63, 3.8) is 0 Å². The van der Waals surface area contributed by atoms with Crippen LogP contribution in [0.25, 0.3) is 0 Å². The smallest absolute Gasteiger partial charge is 0.242 e. The van der Waals surface area contributed by atoms with Crippen molar-refractivity contribution in [2.24, 2.45) is 0 Å². The molecule has 0 spiro atoms. The SMILES string of the molecule is CCCC(C)NS(=O)(=O)c1ccc(NCCc2ccc(OC)c(OC)c2)nc1. The number of anilines is 1. The summed E-state index contributed by atoms with van der Waals surface area (Å²) in [7, 11) is -0.328. The number of sulfonamides is 1. The van der Waals surface area contributed by atoms with Crippen LogP contribution >= 0.6 is 0 Å². The van der Waals surface area contributed by atoms with Crippen molar-refractivity contribution < 1.29 is 17.9 Å². The van der Waals surface area contributed by atoms with Crippen LogP contribution in [0.3, 0.4) is 0 Å². The van der Waals surface area contributed by atoms with E-state index in [0.717, 1.165) is 24.8 Å². The second-order valence-electron chi connectivity index (χ2n) is 6.56. The molecule has 0 saturated heterocycles. The Bertz CT molecular complexity index is 854. The second kappa shape index (κ2) is 10.3. The zero-order valence-electron chi connectivity index (χ0n) is 16.9. The molecule has 7 nitrogen and oxygen atoms in total. The third kappa shape index (κ3) is 6.10.